The number of nitrogens with one attached hydrogen (secondary N) is 1. The van der Waals surface area contributed by atoms with Gasteiger partial charge in [-0.3, -0.25) is 19.7 Å². The predicted molar refractivity (Wildman–Crippen MR) is 131 cm³/mol. The number of amides is 2. The molecule has 190 valence electrons. The third-order valence-electron chi connectivity index (χ3n) is 7.02. The summed E-state index contributed by atoms with van der Waals surface area (Å²) in [6.07, 6.45) is 10.5. The highest BCUT2D eigenvalue weighted by Crippen LogP contribution is 2.30. The summed E-state index contributed by atoms with van der Waals surface area (Å²) in [5.41, 5.74) is 1.80. The van der Waals surface area contributed by atoms with Crippen LogP contribution >= 0.6 is 0 Å². The van der Waals surface area contributed by atoms with Crippen LogP contribution in [-0.4, -0.2) is 64.9 Å². The standard InChI is InChI=1S/C26H36N4O5/c31-23-17-30-16-20-15-21(11-12-22(20)27-26(30)28-23)35-14-6-10-24(32)29(18-25(33)34)13-5-4-9-19-7-2-1-3-8-19/h11-12,15,19H,1-10,13-14,16-18H2,(H,33,34)(H,27,28,31). The number of carboxylic acids is 1. The number of hydrogen-bond donors (Lipinski definition) is 2. The minimum absolute atomic E-state index is 0.0566. The maximum absolute atomic E-state index is 12.7. The van der Waals surface area contributed by atoms with E-state index in [9.17, 15) is 19.5 Å². The van der Waals surface area contributed by atoms with Crippen molar-refractivity contribution in [3.63, 3.8) is 0 Å². The van der Waals surface area contributed by atoms with Gasteiger partial charge in [0.2, 0.25) is 17.8 Å². The molecule has 1 aliphatic carbocycles. The normalized spacial score (nSPS) is 17.3. The number of aliphatic imine (C=N–C) groups is 1. The van der Waals surface area contributed by atoms with Crippen molar-refractivity contribution in [3.8, 4) is 5.75 Å². The van der Waals surface area contributed by atoms with Gasteiger partial charge >= 0.3 is 5.97 Å². The summed E-state index contributed by atoms with van der Waals surface area (Å²) in [5, 5.41) is 12.0. The summed E-state index contributed by atoms with van der Waals surface area (Å²) < 4.78 is 5.84. The highest BCUT2D eigenvalue weighted by molar-refractivity contribution is 6.05. The van der Waals surface area contributed by atoms with E-state index < -0.39 is 5.97 Å². The Morgan fingerprint density at radius 2 is 1.97 bits per heavy atom. The molecule has 2 N–H and O–H groups in total. The van der Waals surface area contributed by atoms with E-state index in [1.807, 2.05) is 23.1 Å². The van der Waals surface area contributed by atoms with E-state index >= 15 is 0 Å². The summed E-state index contributed by atoms with van der Waals surface area (Å²) in [5.74, 6) is 0.923. The number of carboxylic acid groups (broad SMARTS) is 1. The molecule has 35 heavy (non-hydrogen) atoms. The van der Waals surface area contributed by atoms with Crippen molar-refractivity contribution in [2.75, 3.05) is 26.2 Å². The second-order valence-electron chi connectivity index (χ2n) is 9.79. The average Bonchev–Trinajstić information content (AvgIpc) is 3.21. The zero-order valence-corrected chi connectivity index (χ0v) is 20.3. The first-order valence-corrected chi connectivity index (χ1v) is 12.9. The van der Waals surface area contributed by atoms with Gasteiger partial charge in [0.05, 0.1) is 12.3 Å². The van der Waals surface area contributed by atoms with Gasteiger partial charge in [0.25, 0.3) is 0 Å². The molecule has 0 bridgehead atoms. The van der Waals surface area contributed by atoms with E-state index in [4.69, 9.17) is 4.74 Å². The molecule has 2 fully saturated rings. The van der Waals surface area contributed by atoms with Crippen molar-refractivity contribution in [1.29, 1.82) is 0 Å². The molecule has 0 aromatic heterocycles. The fraction of sp³-hybridized carbons (Fsp3) is 0.615. The molecule has 2 aliphatic heterocycles. The summed E-state index contributed by atoms with van der Waals surface area (Å²) in [7, 11) is 0. The number of carbonyl (C=O) groups excluding carboxylic acids is 2. The summed E-state index contributed by atoms with van der Waals surface area (Å²) in [6.45, 7) is 1.52. The van der Waals surface area contributed by atoms with E-state index in [1.54, 1.807) is 0 Å². The van der Waals surface area contributed by atoms with Crippen LogP contribution in [0.1, 0.15) is 69.8 Å². The van der Waals surface area contributed by atoms with Gasteiger partial charge in [-0.25, -0.2) is 4.99 Å². The fourth-order valence-electron chi connectivity index (χ4n) is 5.17. The lowest BCUT2D eigenvalue weighted by atomic mass is 9.86. The first kappa shape index (κ1) is 25.0. The van der Waals surface area contributed by atoms with Gasteiger partial charge in [-0.1, -0.05) is 44.9 Å². The van der Waals surface area contributed by atoms with Crippen LogP contribution < -0.4 is 10.1 Å². The van der Waals surface area contributed by atoms with Gasteiger partial charge in [-0.15, -0.1) is 0 Å². The predicted octanol–water partition coefficient (Wildman–Crippen LogP) is 3.44. The average molecular weight is 485 g/mol. The van der Waals surface area contributed by atoms with Gasteiger partial charge in [0.1, 0.15) is 18.8 Å². The Morgan fingerprint density at radius 1 is 1.14 bits per heavy atom. The highest BCUT2D eigenvalue weighted by atomic mass is 16.5. The Kier molecular flexibility index (Phi) is 8.60. The van der Waals surface area contributed by atoms with Gasteiger partial charge in [0, 0.05) is 25.1 Å². The molecular formula is C26H36N4O5. The largest absolute Gasteiger partial charge is 0.494 e. The molecule has 4 rings (SSSR count). The number of fused-ring (bicyclic) bond motifs is 2. The minimum Gasteiger partial charge on any atom is -0.494 e. The van der Waals surface area contributed by atoms with Gasteiger partial charge in [0.15, 0.2) is 0 Å². The Bertz CT molecular complexity index is 957. The molecular weight excluding hydrogens is 448 g/mol. The Labute approximate surface area is 206 Å². The molecule has 3 aliphatic rings. The number of aliphatic carboxylic acids is 1. The van der Waals surface area contributed by atoms with Crippen molar-refractivity contribution < 1.29 is 24.2 Å². The quantitative estimate of drug-likeness (QED) is 0.440. The smallest absolute Gasteiger partial charge is 0.323 e. The van der Waals surface area contributed by atoms with Crippen LogP contribution in [0, 0.1) is 5.92 Å². The van der Waals surface area contributed by atoms with Crippen molar-refractivity contribution in [3.05, 3.63) is 23.8 Å². The zero-order chi connectivity index (χ0) is 24.6. The number of carbonyl (C=O) groups is 3. The van der Waals surface area contributed by atoms with Gasteiger partial charge in [-0.05, 0) is 37.0 Å². The molecule has 2 amide bonds. The summed E-state index contributed by atoms with van der Waals surface area (Å²) >= 11 is 0. The maximum Gasteiger partial charge on any atom is 0.323 e. The zero-order valence-electron chi connectivity index (χ0n) is 20.3. The van der Waals surface area contributed by atoms with Crippen LogP contribution in [0.2, 0.25) is 0 Å². The number of ether oxygens (including phenoxy) is 1. The lowest BCUT2D eigenvalue weighted by Crippen LogP contribution is -2.36. The molecule has 1 aromatic rings. The minimum atomic E-state index is -0.975. The molecule has 0 atom stereocenters. The van der Waals surface area contributed by atoms with E-state index in [2.05, 4.69) is 10.3 Å². The first-order chi connectivity index (χ1) is 17.0. The van der Waals surface area contributed by atoms with Crippen LogP contribution in [0.3, 0.4) is 0 Å². The van der Waals surface area contributed by atoms with E-state index in [1.165, 1.54) is 43.4 Å². The van der Waals surface area contributed by atoms with Crippen LogP contribution in [0.15, 0.2) is 23.2 Å². The third kappa shape index (κ3) is 7.19. The van der Waals surface area contributed by atoms with E-state index in [0.717, 1.165) is 30.0 Å². The summed E-state index contributed by atoms with van der Waals surface area (Å²) in [6, 6.07) is 5.62. The van der Waals surface area contributed by atoms with Crippen molar-refractivity contribution in [2.24, 2.45) is 10.9 Å². The monoisotopic (exact) mass is 484 g/mol. The molecule has 9 nitrogen and oxygen atoms in total. The second-order valence-corrected chi connectivity index (χ2v) is 9.79. The second kappa shape index (κ2) is 12.0. The molecule has 2 heterocycles. The summed E-state index contributed by atoms with van der Waals surface area (Å²) in [4.78, 5) is 43.3. The number of nitrogens with zero attached hydrogens (tertiary/aromatic N) is 3. The lowest BCUT2D eigenvalue weighted by Gasteiger charge is -2.23. The van der Waals surface area contributed by atoms with Crippen LogP contribution in [0.5, 0.6) is 5.75 Å². The number of benzene rings is 1. The molecule has 9 heteroatoms. The Balaban J connectivity index is 1.18. The molecule has 0 spiro atoms. The van der Waals surface area contributed by atoms with Gasteiger partial charge in [-0.2, -0.15) is 0 Å². The topological polar surface area (TPSA) is 112 Å². The fourth-order valence-corrected chi connectivity index (χ4v) is 5.17. The molecule has 1 aromatic carbocycles. The Hall–Kier alpha value is -3.10. The van der Waals surface area contributed by atoms with E-state index in [0.29, 0.717) is 44.4 Å². The van der Waals surface area contributed by atoms with Crippen molar-refractivity contribution >= 4 is 29.4 Å². The molecule has 1 saturated carbocycles. The number of hydrogen-bond acceptors (Lipinski definition) is 6. The van der Waals surface area contributed by atoms with Crippen molar-refractivity contribution in [2.45, 2.75) is 70.8 Å². The Morgan fingerprint density at radius 3 is 2.77 bits per heavy atom. The number of guanidine groups is 1. The maximum atomic E-state index is 12.7. The third-order valence-corrected chi connectivity index (χ3v) is 7.02. The SMILES string of the molecule is O=C(O)CN(CCCCC1CCCCC1)C(=O)CCCOc1ccc2c(c1)CN1CC(=O)NC1=N2. The first-order valence-electron chi connectivity index (χ1n) is 12.9. The van der Waals surface area contributed by atoms with Gasteiger partial charge < -0.3 is 19.6 Å². The molecule has 0 unspecified atom stereocenters. The highest BCUT2D eigenvalue weighted by Gasteiger charge is 2.29. The molecule has 0 radical (unpaired) electrons. The number of rotatable bonds is 12. The van der Waals surface area contributed by atoms with Crippen LogP contribution in [0.4, 0.5) is 5.69 Å². The van der Waals surface area contributed by atoms with Crippen molar-refractivity contribution in [1.82, 2.24) is 15.1 Å². The van der Waals surface area contributed by atoms with Crippen LogP contribution in [0.25, 0.3) is 0 Å². The lowest BCUT2D eigenvalue weighted by molar-refractivity contribution is -0.144. The molecule has 1 saturated heterocycles. The van der Waals surface area contributed by atoms with Crippen LogP contribution in [-0.2, 0) is 20.9 Å². The van der Waals surface area contributed by atoms with E-state index in [-0.39, 0.29) is 24.8 Å². The number of unbranched alkanes of at least 4 members (excludes halogenated alkanes) is 1.